The molecule has 4 aromatic rings. The summed E-state index contributed by atoms with van der Waals surface area (Å²) in [6, 6.07) is 16.5. The normalized spacial score (nSPS) is 10.7. The number of imidazole rings is 1. The predicted octanol–water partition coefficient (Wildman–Crippen LogP) is 4.47. The molecule has 10 heteroatoms. The smallest absolute Gasteiger partial charge is 0.305 e. The fourth-order valence-corrected chi connectivity index (χ4v) is 3.39. The molecule has 2 heterocycles. The molecule has 9 nitrogen and oxygen atoms in total. The summed E-state index contributed by atoms with van der Waals surface area (Å²) in [6.45, 7) is 0.0217. The maximum atomic E-state index is 12.2. The highest BCUT2D eigenvalue weighted by Crippen LogP contribution is 2.28. The molecule has 33 heavy (non-hydrogen) atoms. The van der Waals surface area contributed by atoms with Crippen molar-refractivity contribution in [3.05, 3.63) is 71.0 Å². The molecule has 0 saturated heterocycles. The monoisotopic (exact) mass is 509 g/mol. The molecule has 168 valence electrons. The first-order chi connectivity index (χ1) is 15.9. The van der Waals surface area contributed by atoms with Crippen LogP contribution in [-0.4, -0.2) is 38.1 Å². The first kappa shape index (κ1) is 22.3. The van der Waals surface area contributed by atoms with Crippen molar-refractivity contribution in [2.24, 2.45) is 7.05 Å². The lowest BCUT2D eigenvalue weighted by Crippen LogP contribution is -2.26. The van der Waals surface area contributed by atoms with Gasteiger partial charge in [-0.1, -0.05) is 15.9 Å². The molecule has 0 aliphatic carbocycles. The Balaban J connectivity index is 1.49. The summed E-state index contributed by atoms with van der Waals surface area (Å²) >= 11 is 3.43. The number of carboxylic acid groups (broad SMARTS) is 1. The van der Waals surface area contributed by atoms with E-state index in [2.05, 4.69) is 36.5 Å². The number of carbonyl (C=O) groups is 2. The zero-order valence-electron chi connectivity index (χ0n) is 17.6. The number of rotatable bonds is 8. The molecule has 0 bridgehead atoms. The molecule has 0 aliphatic heterocycles. The third-order valence-electron chi connectivity index (χ3n) is 4.78. The van der Waals surface area contributed by atoms with Crippen LogP contribution in [0.25, 0.3) is 11.0 Å². The summed E-state index contributed by atoms with van der Waals surface area (Å²) < 4.78 is 8.86. The van der Waals surface area contributed by atoms with Crippen molar-refractivity contribution in [1.82, 2.24) is 19.9 Å². The average Bonchev–Trinajstić information content (AvgIpc) is 3.09. The fraction of sp³-hybridized carbons (Fsp3) is 0.130. The first-order valence-electron chi connectivity index (χ1n) is 10.0. The number of anilines is 2. The number of aromatic nitrogens is 3. The lowest BCUT2D eigenvalue weighted by atomic mass is 10.3. The van der Waals surface area contributed by atoms with Crippen LogP contribution in [-0.2, 0) is 11.8 Å². The number of amides is 1. The maximum Gasteiger partial charge on any atom is 0.305 e. The van der Waals surface area contributed by atoms with Gasteiger partial charge in [0, 0.05) is 42.1 Å². The van der Waals surface area contributed by atoms with E-state index in [4.69, 9.17) is 9.84 Å². The van der Waals surface area contributed by atoms with Crippen LogP contribution in [0, 0.1) is 0 Å². The van der Waals surface area contributed by atoms with Crippen LogP contribution in [0.3, 0.4) is 0 Å². The standard InChI is InChI=1S/C23H20BrN5O4/c1-29-20-7-6-16(12-18(20)28-23(29)27-15-4-2-14(24)3-5-15)33-17-8-10-25-19(13-17)22(32)26-11-9-21(30)31/h2-8,10,12-13H,9,11H2,1H3,(H,26,32)(H,27,28)(H,30,31). The van der Waals surface area contributed by atoms with Crippen LogP contribution < -0.4 is 15.4 Å². The van der Waals surface area contributed by atoms with Crippen LogP contribution in [0.4, 0.5) is 11.6 Å². The van der Waals surface area contributed by atoms with Crippen LogP contribution in [0.2, 0.25) is 0 Å². The van der Waals surface area contributed by atoms with Gasteiger partial charge in [-0.3, -0.25) is 14.6 Å². The van der Waals surface area contributed by atoms with E-state index in [-0.39, 0.29) is 18.7 Å². The fourth-order valence-electron chi connectivity index (χ4n) is 3.13. The van der Waals surface area contributed by atoms with Crippen molar-refractivity contribution in [2.75, 3.05) is 11.9 Å². The molecule has 0 saturated carbocycles. The number of carbonyl (C=O) groups excluding carboxylic acids is 1. The minimum Gasteiger partial charge on any atom is -0.481 e. The molecular formula is C23H20BrN5O4. The Morgan fingerprint density at radius 3 is 2.61 bits per heavy atom. The van der Waals surface area contributed by atoms with Gasteiger partial charge in [0.25, 0.3) is 5.91 Å². The second kappa shape index (κ2) is 9.70. The summed E-state index contributed by atoms with van der Waals surface area (Å²) in [6.07, 6.45) is 1.30. The minimum atomic E-state index is -0.986. The van der Waals surface area contributed by atoms with Gasteiger partial charge in [-0.05, 0) is 42.5 Å². The third-order valence-corrected chi connectivity index (χ3v) is 5.31. The molecule has 3 N–H and O–H groups in total. The number of fused-ring (bicyclic) bond motifs is 1. The number of pyridine rings is 1. The Morgan fingerprint density at radius 2 is 1.85 bits per heavy atom. The van der Waals surface area contributed by atoms with Gasteiger partial charge in [0.05, 0.1) is 17.5 Å². The van der Waals surface area contributed by atoms with Crippen LogP contribution in [0.15, 0.2) is 65.3 Å². The summed E-state index contributed by atoms with van der Waals surface area (Å²) in [5.41, 5.74) is 2.72. The van der Waals surface area contributed by atoms with Crippen molar-refractivity contribution in [3.63, 3.8) is 0 Å². The molecule has 0 spiro atoms. The third kappa shape index (κ3) is 5.47. The SMILES string of the molecule is Cn1c(Nc2ccc(Br)cc2)nc2cc(Oc3ccnc(C(=O)NCCC(=O)O)c3)ccc21. The van der Waals surface area contributed by atoms with Gasteiger partial charge >= 0.3 is 5.97 Å². The van der Waals surface area contributed by atoms with E-state index >= 15 is 0 Å². The number of ether oxygens (including phenoxy) is 1. The molecule has 2 aromatic carbocycles. The van der Waals surface area contributed by atoms with E-state index in [0.717, 1.165) is 21.2 Å². The zero-order chi connectivity index (χ0) is 23.4. The quantitative estimate of drug-likeness (QED) is 0.320. The number of aryl methyl sites for hydroxylation is 1. The molecule has 0 atom stereocenters. The minimum absolute atomic E-state index is 0.0217. The Labute approximate surface area is 197 Å². The highest BCUT2D eigenvalue weighted by atomic mass is 79.9. The van der Waals surface area contributed by atoms with E-state index in [1.165, 1.54) is 12.3 Å². The number of benzene rings is 2. The van der Waals surface area contributed by atoms with E-state index in [1.54, 1.807) is 6.07 Å². The maximum absolute atomic E-state index is 12.2. The molecule has 0 radical (unpaired) electrons. The molecule has 0 aliphatic rings. The van der Waals surface area contributed by atoms with Crippen LogP contribution in [0.1, 0.15) is 16.9 Å². The number of halogens is 1. The van der Waals surface area contributed by atoms with Gasteiger partial charge in [0.1, 0.15) is 17.2 Å². The van der Waals surface area contributed by atoms with Gasteiger partial charge in [-0.2, -0.15) is 0 Å². The summed E-state index contributed by atoms with van der Waals surface area (Å²) in [4.78, 5) is 31.4. The second-order valence-corrected chi connectivity index (χ2v) is 8.07. The number of aliphatic carboxylic acids is 1. The van der Waals surface area contributed by atoms with Gasteiger partial charge < -0.3 is 25.0 Å². The molecular weight excluding hydrogens is 490 g/mol. The Kier molecular flexibility index (Phi) is 6.55. The number of nitrogens with zero attached hydrogens (tertiary/aromatic N) is 3. The Morgan fingerprint density at radius 1 is 1.09 bits per heavy atom. The highest BCUT2D eigenvalue weighted by Gasteiger charge is 2.12. The van der Waals surface area contributed by atoms with E-state index in [1.807, 2.05) is 54.1 Å². The first-order valence-corrected chi connectivity index (χ1v) is 10.8. The molecule has 2 aromatic heterocycles. The lowest BCUT2D eigenvalue weighted by molar-refractivity contribution is -0.136. The number of hydrogen-bond donors (Lipinski definition) is 3. The zero-order valence-corrected chi connectivity index (χ0v) is 19.2. The summed E-state index contributed by atoms with van der Waals surface area (Å²) in [5, 5.41) is 14.5. The van der Waals surface area contributed by atoms with Gasteiger partial charge in [0.2, 0.25) is 5.95 Å². The van der Waals surface area contributed by atoms with Crippen LogP contribution in [0.5, 0.6) is 11.5 Å². The van der Waals surface area contributed by atoms with Crippen molar-refractivity contribution in [1.29, 1.82) is 0 Å². The molecule has 0 fully saturated rings. The lowest BCUT2D eigenvalue weighted by Gasteiger charge is -2.08. The predicted molar refractivity (Wildman–Crippen MR) is 127 cm³/mol. The largest absolute Gasteiger partial charge is 0.481 e. The Hall–Kier alpha value is -3.92. The average molecular weight is 510 g/mol. The van der Waals surface area contributed by atoms with Crippen molar-refractivity contribution >= 4 is 50.5 Å². The number of nitrogens with one attached hydrogen (secondary N) is 2. The van der Waals surface area contributed by atoms with E-state index < -0.39 is 11.9 Å². The molecule has 1 amide bonds. The van der Waals surface area contributed by atoms with E-state index in [9.17, 15) is 9.59 Å². The summed E-state index contributed by atoms with van der Waals surface area (Å²) in [7, 11) is 1.93. The number of carboxylic acids is 1. The van der Waals surface area contributed by atoms with Crippen molar-refractivity contribution in [3.8, 4) is 11.5 Å². The van der Waals surface area contributed by atoms with Gasteiger partial charge in [-0.25, -0.2) is 4.98 Å². The molecule has 4 rings (SSSR count). The van der Waals surface area contributed by atoms with E-state index in [0.29, 0.717) is 17.4 Å². The number of hydrogen-bond acceptors (Lipinski definition) is 6. The van der Waals surface area contributed by atoms with Crippen LogP contribution >= 0.6 is 15.9 Å². The Bertz CT molecular complexity index is 1320. The van der Waals surface area contributed by atoms with Gasteiger partial charge in [-0.15, -0.1) is 0 Å². The summed E-state index contributed by atoms with van der Waals surface area (Å²) in [5.74, 6) is 0.218. The molecule has 0 unspecified atom stereocenters. The topological polar surface area (TPSA) is 118 Å². The second-order valence-electron chi connectivity index (χ2n) is 7.16. The van der Waals surface area contributed by atoms with Crippen molar-refractivity contribution < 1.29 is 19.4 Å². The van der Waals surface area contributed by atoms with Gasteiger partial charge in [0.15, 0.2) is 0 Å². The van der Waals surface area contributed by atoms with Crippen molar-refractivity contribution in [2.45, 2.75) is 6.42 Å². The highest BCUT2D eigenvalue weighted by molar-refractivity contribution is 9.10.